The largest absolute Gasteiger partial charge is 0.497 e. The quantitative estimate of drug-likeness (QED) is 0.566. The van der Waals surface area contributed by atoms with E-state index >= 15 is 0 Å². The summed E-state index contributed by atoms with van der Waals surface area (Å²) in [6.45, 7) is 0.194. The number of thioether (sulfide) groups is 1. The number of para-hydroxylation sites is 1. The van der Waals surface area contributed by atoms with E-state index in [-0.39, 0.29) is 24.6 Å². The van der Waals surface area contributed by atoms with E-state index in [1.54, 1.807) is 49.6 Å². The van der Waals surface area contributed by atoms with E-state index in [0.29, 0.717) is 22.4 Å². The monoisotopic (exact) mass is 453 g/mol. The molecule has 0 aliphatic carbocycles. The summed E-state index contributed by atoms with van der Waals surface area (Å²) in [6.07, 6.45) is 1.41. The van der Waals surface area contributed by atoms with Crippen LogP contribution in [-0.4, -0.2) is 34.2 Å². The minimum Gasteiger partial charge on any atom is -0.497 e. The highest BCUT2D eigenvalue weighted by Crippen LogP contribution is 2.33. The maximum absolute atomic E-state index is 13.8. The molecule has 1 aliphatic heterocycles. The normalized spacial score (nSPS) is 17.1. The molecule has 0 radical (unpaired) electrons. The Morgan fingerprint density at radius 2 is 1.97 bits per heavy atom. The Balaban J connectivity index is 1.53. The number of carbonyl (C=O) groups excluding carboxylic acids is 2. The highest BCUT2D eigenvalue weighted by Gasteiger charge is 2.39. The number of rotatable bonds is 7. The van der Waals surface area contributed by atoms with Crippen molar-refractivity contribution in [2.45, 2.75) is 18.2 Å². The molecule has 1 aliphatic rings. The lowest BCUT2D eigenvalue weighted by Gasteiger charge is -2.15. The fraction of sp³-hybridized carbons (Fsp3) is 0.174. The number of hydrogen-bond acceptors (Lipinski definition) is 6. The molecule has 3 aromatic rings. The van der Waals surface area contributed by atoms with Crippen LogP contribution in [0.2, 0.25) is 0 Å². The van der Waals surface area contributed by atoms with Crippen LogP contribution < -0.4 is 10.1 Å². The van der Waals surface area contributed by atoms with E-state index in [0.717, 1.165) is 0 Å². The van der Waals surface area contributed by atoms with Gasteiger partial charge < -0.3 is 14.5 Å². The molecular formula is C23H20FN3O4S. The van der Waals surface area contributed by atoms with E-state index < -0.39 is 17.0 Å². The predicted octanol–water partition coefficient (Wildman–Crippen LogP) is 4.59. The van der Waals surface area contributed by atoms with Crippen LogP contribution in [0.1, 0.15) is 12.2 Å². The van der Waals surface area contributed by atoms with E-state index in [1.807, 2.05) is 0 Å². The molecule has 1 aromatic heterocycles. The van der Waals surface area contributed by atoms with Crippen molar-refractivity contribution in [3.63, 3.8) is 0 Å². The van der Waals surface area contributed by atoms with Crippen LogP contribution in [0.3, 0.4) is 0 Å². The first-order valence-corrected chi connectivity index (χ1v) is 10.7. The van der Waals surface area contributed by atoms with Crippen molar-refractivity contribution in [2.75, 3.05) is 12.4 Å². The van der Waals surface area contributed by atoms with Gasteiger partial charge in [-0.15, -0.1) is 0 Å². The molecule has 2 aromatic carbocycles. The molecule has 1 atom stereocenters. The molecule has 7 nitrogen and oxygen atoms in total. The lowest BCUT2D eigenvalue weighted by Crippen LogP contribution is -2.33. The number of benzene rings is 2. The molecular weight excluding hydrogens is 433 g/mol. The van der Waals surface area contributed by atoms with Gasteiger partial charge in [-0.3, -0.25) is 14.5 Å². The molecule has 0 unspecified atom stereocenters. The summed E-state index contributed by atoms with van der Waals surface area (Å²) >= 11 is 1.20. The van der Waals surface area contributed by atoms with Crippen LogP contribution >= 0.6 is 11.8 Å². The van der Waals surface area contributed by atoms with Crippen LogP contribution in [-0.2, 0) is 16.1 Å². The van der Waals surface area contributed by atoms with Gasteiger partial charge in [0, 0.05) is 6.42 Å². The smallest absolute Gasteiger partial charge is 0.243 e. The van der Waals surface area contributed by atoms with Crippen molar-refractivity contribution in [1.29, 1.82) is 0 Å². The van der Waals surface area contributed by atoms with Gasteiger partial charge in [-0.1, -0.05) is 23.9 Å². The van der Waals surface area contributed by atoms with Gasteiger partial charge in [0.1, 0.15) is 22.6 Å². The van der Waals surface area contributed by atoms with E-state index in [2.05, 4.69) is 10.3 Å². The molecule has 0 saturated carbocycles. The summed E-state index contributed by atoms with van der Waals surface area (Å²) in [4.78, 5) is 31.7. The maximum atomic E-state index is 13.8. The van der Waals surface area contributed by atoms with Crippen molar-refractivity contribution in [3.8, 4) is 5.75 Å². The summed E-state index contributed by atoms with van der Waals surface area (Å²) in [5.74, 6) is 0.0384. The Kier molecular flexibility index (Phi) is 6.55. The number of ether oxygens (including phenoxy) is 1. The maximum Gasteiger partial charge on any atom is 0.243 e. The Hall–Kier alpha value is -3.59. The van der Waals surface area contributed by atoms with Crippen molar-refractivity contribution < 1.29 is 23.1 Å². The first kappa shape index (κ1) is 21.6. The number of methoxy groups -OCH3 is 1. The van der Waals surface area contributed by atoms with Gasteiger partial charge in [0.05, 0.1) is 31.3 Å². The van der Waals surface area contributed by atoms with Crippen LogP contribution in [0.5, 0.6) is 5.75 Å². The highest BCUT2D eigenvalue weighted by atomic mass is 32.2. The van der Waals surface area contributed by atoms with Crippen molar-refractivity contribution in [1.82, 2.24) is 4.90 Å². The molecule has 2 amide bonds. The van der Waals surface area contributed by atoms with Gasteiger partial charge in [0.25, 0.3) is 0 Å². The zero-order chi connectivity index (χ0) is 22.5. The van der Waals surface area contributed by atoms with Crippen LogP contribution in [0, 0.1) is 5.82 Å². The summed E-state index contributed by atoms with van der Waals surface area (Å²) in [7, 11) is 1.58. The van der Waals surface area contributed by atoms with E-state index in [9.17, 15) is 14.0 Å². The summed E-state index contributed by atoms with van der Waals surface area (Å²) < 4.78 is 24.4. The molecule has 1 saturated heterocycles. The molecule has 1 fully saturated rings. The fourth-order valence-electron chi connectivity index (χ4n) is 3.13. The van der Waals surface area contributed by atoms with Crippen LogP contribution in [0.25, 0.3) is 0 Å². The zero-order valence-corrected chi connectivity index (χ0v) is 18.0. The van der Waals surface area contributed by atoms with E-state index in [4.69, 9.17) is 9.15 Å². The minimum atomic E-state index is -0.686. The molecule has 164 valence electrons. The lowest BCUT2D eigenvalue weighted by atomic mass is 10.2. The van der Waals surface area contributed by atoms with Gasteiger partial charge in [-0.05, 0) is 48.5 Å². The number of carbonyl (C=O) groups is 2. The van der Waals surface area contributed by atoms with Gasteiger partial charge in [0.2, 0.25) is 11.8 Å². The summed E-state index contributed by atoms with van der Waals surface area (Å²) in [5, 5.41) is 2.30. The van der Waals surface area contributed by atoms with Gasteiger partial charge in [-0.2, -0.15) is 0 Å². The second-order valence-electron chi connectivity index (χ2n) is 6.93. The molecule has 32 heavy (non-hydrogen) atoms. The highest BCUT2D eigenvalue weighted by molar-refractivity contribution is 8.15. The second kappa shape index (κ2) is 9.69. The molecule has 9 heteroatoms. The lowest BCUT2D eigenvalue weighted by molar-refractivity contribution is -0.128. The second-order valence-corrected chi connectivity index (χ2v) is 8.10. The van der Waals surface area contributed by atoms with Gasteiger partial charge >= 0.3 is 0 Å². The number of anilines is 1. The average Bonchev–Trinajstić information content (AvgIpc) is 3.40. The van der Waals surface area contributed by atoms with E-state index in [1.165, 1.54) is 41.1 Å². The number of amidine groups is 1. The number of furan rings is 1. The van der Waals surface area contributed by atoms with Gasteiger partial charge in [-0.25, -0.2) is 9.38 Å². The molecule has 1 N–H and O–H groups in total. The number of amides is 2. The Bertz CT molecular complexity index is 1130. The number of halogens is 1. The van der Waals surface area contributed by atoms with Gasteiger partial charge in [0.15, 0.2) is 5.17 Å². The molecule has 0 bridgehead atoms. The van der Waals surface area contributed by atoms with Crippen molar-refractivity contribution in [2.24, 2.45) is 4.99 Å². The Morgan fingerprint density at radius 3 is 2.66 bits per heavy atom. The fourth-order valence-corrected chi connectivity index (χ4v) is 4.29. The topological polar surface area (TPSA) is 84.1 Å². The Labute approximate surface area is 188 Å². The minimum absolute atomic E-state index is 0.0764. The number of hydrogen-bond donors (Lipinski definition) is 1. The third-order valence-corrected chi connectivity index (χ3v) is 5.91. The number of nitrogens with zero attached hydrogens (tertiary/aromatic N) is 2. The third-order valence-electron chi connectivity index (χ3n) is 4.73. The third kappa shape index (κ3) is 5.00. The zero-order valence-electron chi connectivity index (χ0n) is 17.2. The van der Waals surface area contributed by atoms with Crippen LogP contribution in [0.4, 0.5) is 15.8 Å². The van der Waals surface area contributed by atoms with Crippen molar-refractivity contribution in [3.05, 3.63) is 78.5 Å². The Morgan fingerprint density at radius 1 is 1.19 bits per heavy atom. The first-order chi connectivity index (χ1) is 15.5. The first-order valence-electron chi connectivity index (χ1n) is 9.81. The SMILES string of the molecule is COc1ccc(N=C2S[C@H](CC(=O)Nc3ccccc3F)C(=O)N2Cc2ccco2)cc1. The summed E-state index contributed by atoms with van der Waals surface area (Å²) in [6, 6.07) is 16.5. The average molecular weight is 453 g/mol. The molecule has 4 rings (SSSR count). The predicted molar refractivity (Wildman–Crippen MR) is 120 cm³/mol. The van der Waals surface area contributed by atoms with Crippen LogP contribution in [0.15, 0.2) is 76.3 Å². The molecule has 2 heterocycles. The number of aliphatic imine (C=N–C) groups is 1. The standard InChI is InChI=1S/C23H20FN3O4S/c1-30-16-10-8-15(9-11-16)25-23-27(14-17-5-4-12-31-17)22(29)20(32-23)13-21(28)26-19-7-3-2-6-18(19)24/h2-12,20H,13-14H2,1H3,(H,26,28)/t20-/m1/s1. The van der Waals surface area contributed by atoms with Crippen molar-refractivity contribution >= 4 is 40.1 Å². The summed E-state index contributed by atoms with van der Waals surface area (Å²) in [5.41, 5.74) is 0.717. The number of nitrogens with one attached hydrogen (secondary N) is 1. The molecule has 0 spiro atoms.